The summed E-state index contributed by atoms with van der Waals surface area (Å²) in [5.41, 5.74) is 5.64. The van der Waals surface area contributed by atoms with E-state index in [1.54, 1.807) is 30.5 Å². The van der Waals surface area contributed by atoms with E-state index in [4.69, 9.17) is 17.0 Å². The van der Waals surface area contributed by atoms with Crippen LogP contribution < -0.4 is 20.3 Å². The van der Waals surface area contributed by atoms with Crippen molar-refractivity contribution in [2.24, 2.45) is 0 Å². The van der Waals surface area contributed by atoms with Crippen LogP contribution in [-0.2, 0) is 4.79 Å². The highest BCUT2D eigenvalue weighted by atomic mass is 32.1. The van der Waals surface area contributed by atoms with Crippen LogP contribution in [0.15, 0.2) is 109 Å². The fourth-order valence-electron chi connectivity index (χ4n) is 5.61. The number of pyridine rings is 1. The van der Waals surface area contributed by atoms with Crippen molar-refractivity contribution in [1.82, 2.24) is 14.9 Å². The molecule has 216 valence electrons. The minimum Gasteiger partial charge on any atom is -0.484 e. The Morgan fingerprint density at radius 2 is 1.70 bits per heavy atom. The lowest BCUT2D eigenvalue weighted by molar-refractivity contribution is -0.118. The van der Waals surface area contributed by atoms with Crippen molar-refractivity contribution >= 4 is 34.6 Å². The number of ether oxygens (including phenoxy) is 1. The minimum absolute atomic E-state index is 0.0998. The molecule has 2 N–H and O–H groups in total. The molecule has 2 unspecified atom stereocenters. The van der Waals surface area contributed by atoms with E-state index in [2.05, 4.69) is 26.6 Å². The quantitative estimate of drug-likeness (QED) is 0.193. The van der Waals surface area contributed by atoms with E-state index < -0.39 is 0 Å². The lowest BCUT2D eigenvalue weighted by atomic mass is 9.96. The lowest BCUT2D eigenvalue weighted by Crippen LogP contribution is -2.29. The zero-order chi connectivity index (χ0) is 29.9. The van der Waals surface area contributed by atoms with Gasteiger partial charge in [-0.15, -0.1) is 0 Å². The van der Waals surface area contributed by atoms with Crippen LogP contribution in [0.3, 0.4) is 0 Å². The van der Waals surface area contributed by atoms with Gasteiger partial charge in [0.1, 0.15) is 11.6 Å². The second-order valence-electron chi connectivity index (χ2n) is 10.3. The molecule has 1 saturated heterocycles. The number of nitrogens with zero attached hydrogens (tertiary/aromatic N) is 3. The van der Waals surface area contributed by atoms with Crippen molar-refractivity contribution in [3.8, 4) is 11.4 Å². The summed E-state index contributed by atoms with van der Waals surface area (Å²) in [6.07, 6.45) is 1.77. The minimum atomic E-state index is -0.291. The maximum absolute atomic E-state index is 14.9. The number of aryl methyl sites for hydroxylation is 1. The number of hydrogen-bond acceptors (Lipinski definition) is 4. The van der Waals surface area contributed by atoms with Crippen LogP contribution in [0.2, 0.25) is 0 Å². The molecule has 1 fully saturated rings. The summed E-state index contributed by atoms with van der Waals surface area (Å²) >= 11 is 5.89. The highest BCUT2D eigenvalue weighted by molar-refractivity contribution is 7.80. The third kappa shape index (κ3) is 5.72. The van der Waals surface area contributed by atoms with Crippen molar-refractivity contribution in [3.05, 3.63) is 138 Å². The lowest BCUT2D eigenvalue weighted by Gasteiger charge is -2.28. The molecular weight excluding hydrogens is 561 g/mol. The molecule has 0 aliphatic carbocycles. The predicted octanol–water partition coefficient (Wildman–Crippen LogP) is 6.82. The Morgan fingerprint density at radius 3 is 2.42 bits per heavy atom. The van der Waals surface area contributed by atoms with Crippen molar-refractivity contribution in [2.45, 2.75) is 25.9 Å². The highest BCUT2D eigenvalue weighted by Gasteiger charge is 2.42. The third-order valence-corrected chi connectivity index (χ3v) is 7.84. The Kier molecular flexibility index (Phi) is 7.89. The molecule has 1 amide bonds. The molecule has 3 aromatic carbocycles. The molecule has 0 bridgehead atoms. The first kappa shape index (κ1) is 28.1. The molecule has 2 aromatic heterocycles. The van der Waals surface area contributed by atoms with Crippen LogP contribution in [0.25, 0.3) is 5.69 Å². The number of halogens is 1. The molecule has 1 aliphatic rings. The van der Waals surface area contributed by atoms with E-state index in [-0.39, 0.29) is 30.4 Å². The summed E-state index contributed by atoms with van der Waals surface area (Å²) in [5, 5.41) is 6.91. The number of nitrogens with one attached hydrogen (secondary N) is 2. The van der Waals surface area contributed by atoms with Crippen molar-refractivity contribution in [3.63, 3.8) is 0 Å². The fraction of sp³-hybridized carbons (Fsp3) is 0.147. The number of benzene rings is 3. The predicted molar refractivity (Wildman–Crippen MR) is 170 cm³/mol. The van der Waals surface area contributed by atoms with E-state index in [0.717, 1.165) is 28.3 Å². The van der Waals surface area contributed by atoms with E-state index in [0.29, 0.717) is 22.2 Å². The fourth-order valence-corrected chi connectivity index (χ4v) is 5.95. The van der Waals surface area contributed by atoms with Gasteiger partial charge in [0.05, 0.1) is 23.5 Å². The Labute approximate surface area is 255 Å². The van der Waals surface area contributed by atoms with Gasteiger partial charge in [0, 0.05) is 29.0 Å². The van der Waals surface area contributed by atoms with Gasteiger partial charge in [0.25, 0.3) is 5.91 Å². The van der Waals surface area contributed by atoms with Crippen molar-refractivity contribution in [1.29, 1.82) is 0 Å². The molecule has 6 rings (SSSR count). The summed E-state index contributed by atoms with van der Waals surface area (Å²) in [4.78, 5) is 19.2. The van der Waals surface area contributed by atoms with E-state index in [1.807, 2.05) is 85.1 Å². The average Bonchev–Trinajstić information content (AvgIpc) is 3.52. The number of amides is 1. The third-order valence-electron chi connectivity index (χ3n) is 7.52. The zero-order valence-corrected chi connectivity index (χ0v) is 24.5. The van der Waals surface area contributed by atoms with Gasteiger partial charge < -0.3 is 24.8 Å². The monoisotopic (exact) mass is 591 g/mol. The second-order valence-corrected chi connectivity index (χ2v) is 10.7. The Morgan fingerprint density at radius 1 is 0.977 bits per heavy atom. The smallest absolute Gasteiger partial charge is 0.262 e. The van der Waals surface area contributed by atoms with Crippen LogP contribution in [-0.4, -0.2) is 27.2 Å². The number of carbonyl (C=O) groups is 1. The average molecular weight is 592 g/mol. The van der Waals surface area contributed by atoms with Crippen molar-refractivity contribution in [2.75, 3.05) is 16.8 Å². The summed E-state index contributed by atoms with van der Waals surface area (Å²) in [7, 11) is 0. The standard InChI is InChI=1S/C34H30FN5O2S/c1-22-20-27(23(2)39(22)30-14-7-6-12-28(30)35)33-32(29-13-8-9-19-36-29)38-34(43)40(33)25-17-15-24(16-18-25)37-31(41)21-42-26-10-4-3-5-11-26/h3-20,32-33H,21H2,1-2H3,(H,37,41)(H,38,43). The van der Waals surface area contributed by atoms with Gasteiger partial charge in [-0.05, 0) is 98.4 Å². The first-order valence-corrected chi connectivity index (χ1v) is 14.3. The molecule has 0 saturated carbocycles. The maximum atomic E-state index is 14.9. The molecule has 1 aliphatic heterocycles. The van der Waals surface area contributed by atoms with Crippen LogP contribution in [0, 0.1) is 19.7 Å². The van der Waals surface area contributed by atoms with Gasteiger partial charge in [-0.25, -0.2) is 4.39 Å². The topological polar surface area (TPSA) is 71.4 Å². The summed E-state index contributed by atoms with van der Waals surface area (Å²) in [6.45, 7) is 3.88. The normalized spacial score (nSPS) is 16.2. The number of aromatic nitrogens is 2. The number of rotatable bonds is 8. The van der Waals surface area contributed by atoms with Gasteiger partial charge in [-0.1, -0.05) is 36.4 Å². The van der Waals surface area contributed by atoms with Crippen LogP contribution in [0.4, 0.5) is 15.8 Å². The van der Waals surface area contributed by atoms with Crippen molar-refractivity contribution < 1.29 is 13.9 Å². The van der Waals surface area contributed by atoms with Gasteiger partial charge >= 0.3 is 0 Å². The number of carbonyl (C=O) groups excluding carboxylic acids is 1. The van der Waals surface area contributed by atoms with Gasteiger partial charge in [0.15, 0.2) is 11.7 Å². The molecule has 2 atom stereocenters. The SMILES string of the molecule is Cc1cc(C2C(c3ccccn3)NC(=S)N2c2ccc(NC(=O)COc3ccccc3)cc2)c(C)n1-c1ccccc1F. The van der Waals surface area contributed by atoms with Crippen LogP contribution >= 0.6 is 12.2 Å². The van der Waals surface area contributed by atoms with Crippen LogP contribution in [0.5, 0.6) is 5.75 Å². The number of para-hydroxylation sites is 2. The first-order valence-electron chi connectivity index (χ1n) is 13.9. The molecule has 0 radical (unpaired) electrons. The van der Waals surface area contributed by atoms with E-state index >= 15 is 0 Å². The Hall–Kier alpha value is -5.02. The van der Waals surface area contributed by atoms with Crippen LogP contribution in [0.1, 0.15) is 34.7 Å². The van der Waals surface area contributed by atoms with Gasteiger partial charge in [0.2, 0.25) is 0 Å². The Balaban J connectivity index is 1.31. The molecule has 9 heteroatoms. The van der Waals surface area contributed by atoms with Gasteiger partial charge in [-0.2, -0.15) is 0 Å². The zero-order valence-electron chi connectivity index (χ0n) is 23.7. The second kappa shape index (κ2) is 12.1. The number of hydrogen-bond donors (Lipinski definition) is 2. The summed E-state index contributed by atoms with van der Waals surface area (Å²) in [6, 6.07) is 30.9. The first-order chi connectivity index (χ1) is 20.9. The van der Waals surface area contributed by atoms with E-state index in [9.17, 15) is 9.18 Å². The highest BCUT2D eigenvalue weighted by Crippen LogP contribution is 2.44. The molecular formula is C34H30FN5O2S. The summed E-state index contributed by atoms with van der Waals surface area (Å²) < 4.78 is 22.4. The number of anilines is 2. The molecule has 3 heterocycles. The molecule has 5 aromatic rings. The Bertz CT molecular complexity index is 1760. The molecule has 7 nitrogen and oxygen atoms in total. The van der Waals surface area contributed by atoms with Gasteiger partial charge in [-0.3, -0.25) is 9.78 Å². The molecule has 0 spiro atoms. The number of thiocarbonyl (C=S) groups is 1. The van der Waals surface area contributed by atoms with E-state index in [1.165, 1.54) is 6.07 Å². The summed E-state index contributed by atoms with van der Waals surface area (Å²) in [5.74, 6) is 0.0791. The molecule has 43 heavy (non-hydrogen) atoms. The maximum Gasteiger partial charge on any atom is 0.262 e. The largest absolute Gasteiger partial charge is 0.484 e.